The normalized spacial score (nSPS) is 9.20. The largest absolute Gasteiger partial charge is 0.380 e. The molecule has 0 saturated carbocycles. The van der Waals surface area contributed by atoms with E-state index in [1.165, 1.54) is 17.7 Å². The van der Waals surface area contributed by atoms with Crippen LogP contribution in [-0.2, 0) is 0 Å². The second-order valence-electron chi connectivity index (χ2n) is 3.46. The molecule has 0 aromatic heterocycles. The van der Waals surface area contributed by atoms with Crippen LogP contribution >= 0.6 is 0 Å². The van der Waals surface area contributed by atoms with E-state index in [9.17, 15) is 4.39 Å². The zero-order valence-corrected chi connectivity index (χ0v) is 8.84. The molecule has 1 aromatic rings. The van der Waals surface area contributed by atoms with Gasteiger partial charge in [0.15, 0.2) is 0 Å². The molecule has 0 heterocycles. The van der Waals surface area contributed by atoms with Crippen LogP contribution in [0.25, 0.3) is 0 Å². The van der Waals surface area contributed by atoms with Crippen molar-refractivity contribution >= 4 is 5.69 Å². The number of anilines is 1. The third-order valence-corrected chi connectivity index (χ3v) is 1.90. The number of allylic oxidation sites excluding steroid dienone is 1. The lowest BCUT2D eigenvalue weighted by Gasteiger charge is -2.05. The Morgan fingerprint density at radius 3 is 2.87 bits per heavy atom. The summed E-state index contributed by atoms with van der Waals surface area (Å²) < 4.78 is 12.8. The van der Waals surface area contributed by atoms with Gasteiger partial charge in [0.1, 0.15) is 11.9 Å². The molecule has 0 unspecified atom stereocenters. The highest BCUT2D eigenvalue weighted by Gasteiger charge is 2.01. The summed E-state index contributed by atoms with van der Waals surface area (Å²) in [6, 6.07) is 6.09. The molecular formula is C12H13FN2. The molecule has 0 aliphatic carbocycles. The van der Waals surface area contributed by atoms with E-state index in [4.69, 9.17) is 5.26 Å². The summed E-state index contributed by atoms with van der Waals surface area (Å²) in [5.74, 6) is -0.390. The summed E-state index contributed by atoms with van der Waals surface area (Å²) in [4.78, 5) is 0. The smallest absolute Gasteiger partial charge is 0.124 e. The van der Waals surface area contributed by atoms with Crippen LogP contribution in [0.2, 0.25) is 0 Å². The van der Waals surface area contributed by atoms with E-state index in [1.54, 1.807) is 6.07 Å². The average molecular weight is 204 g/mol. The molecule has 0 aliphatic rings. The summed E-state index contributed by atoms with van der Waals surface area (Å²) in [5.41, 5.74) is 2.19. The number of hydrogen-bond acceptors (Lipinski definition) is 2. The maximum Gasteiger partial charge on any atom is 0.124 e. The molecule has 0 aliphatic heterocycles. The predicted octanol–water partition coefficient (Wildman–Crippen LogP) is 3.08. The third-order valence-electron chi connectivity index (χ3n) is 1.90. The number of rotatable bonds is 3. The van der Waals surface area contributed by atoms with Gasteiger partial charge in [-0.25, -0.2) is 4.39 Å². The number of halogens is 1. The van der Waals surface area contributed by atoms with Crippen LogP contribution in [-0.4, -0.2) is 6.54 Å². The highest BCUT2D eigenvalue weighted by atomic mass is 19.1. The highest BCUT2D eigenvalue weighted by molar-refractivity contribution is 5.57. The van der Waals surface area contributed by atoms with Crippen molar-refractivity contribution in [2.24, 2.45) is 0 Å². The lowest BCUT2D eigenvalue weighted by Crippen LogP contribution is -2.01. The molecule has 0 saturated heterocycles. The van der Waals surface area contributed by atoms with E-state index in [1.807, 2.05) is 26.0 Å². The zero-order chi connectivity index (χ0) is 11.3. The van der Waals surface area contributed by atoms with E-state index < -0.39 is 0 Å². The van der Waals surface area contributed by atoms with Crippen molar-refractivity contribution in [3.05, 3.63) is 41.2 Å². The van der Waals surface area contributed by atoms with Crippen LogP contribution in [0, 0.1) is 17.1 Å². The van der Waals surface area contributed by atoms with Gasteiger partial charge in [0.2, 0.25) is 0 Å². The second-order valence-corrected chi connectivity index (χ2v) is 3.46. The molecule has 0 amide bonds. The van der Waals surface area contributed by atoms with Gasteiger partial charge in [-0.05, 0) is 32.0 Å². The van der Waals surface area contributed by atoms with E-state index in [-0.39, 0.29) is 5.82 Å². The van der Waals surface area contributed by atoms with Crippen molar-refractivity contribution in [2.45, 2.75) is 13.8 Å². The van der Waals surface area contributed by atoms with Crippen molar-refractivity contribution in [1.29, 1.82) is 5.26 Å². The van der Waals surface area contributed by atoms with Gasteiger partial charge < -0.3 is 5.32 Å². The van der Waals surface area contributed by atoms with E-state index in [2.05, 4.69) is 5.32 Å². The molecule has 0 atom stereocenters. The van der Waals surface area contributed by atoms with E-state index >= 15 is 0 Å². The third kappa shape index (κ3) is 3.43. The second kappa shape index (κ2) is 5.16. The molecule has 78 valence electrons. The molecule has 2 nitrogen and oxygen atoms in total. The Balaban J connectivity index is 2.78. The van der Waals surface area contributed by atoms with Crippen molar-refractivity contribution in [3.8, 4) is 6.07 Å². The monoisotopic (exact) mass is 204 g/mol. The lowest BCUT2D eigenvalue weighted by atomic mass is 10.2. The average Bonchev–Trinajstić information content (AvgIpc) is 2.19. The van der Waals surface area contributed by atoms with Crippen LogP contribution in [0.1, 0.15) is 19.4 Å². The van der Waals surface area contributed by atoms with E-state index in [0.29, 0.717) is 17.8 Å². The maximum atomic E-state index is 12.8. The van der Waals surface area contributed by atoms with Gasteiger partial charge in [0.25, 0.3) is 0 Å². The SMILES string of the molecule is CC(C)=CCNc1ccc(F)cc1C#N. The molecule has 0 radical (unpaired) electrons. The summed E-state index contributed by atoms with van der Waals surface area (Å²) >= 11 is 0. The van der Waals surface area contributed by atoms with Gasteiger partial charge in [-0.3, -0.25) is 0 Å². The van der Waals surface area contributed by atoms with Crippen LogP contribution in [0.4, 0.5) is 10.1 Å². The minimum absolute atomic E-state index is 0.331. The molecule has 0 bridgehead atoms. The number of hydrogen-bond donors (Lipinski definition) is 1. The van der Waals surface area contributed by atoms with Gasteiger partial charge in [0, 0.05) is 6.54 Å². The molecule has 15 heavy (non-hydrogen) atoms. The lowest BCUT2D eigenvalue weighted by molar-refractivity contribution is 0.627. The zero-order valence-electron chi connectivity index (χ0n) is 8.84. The van der Waals surface area contributed by atoms with Gasteiger partial charge >= 0.3 is 0 Å². The Labute approximate surface area is 89.0 Å². The highest BCUT2D eigenvalue weighted by Crippen LogP contribution is 2.15. The first-order chi connectivity index (χ1) is 7.13. The number of nitriles is 1. The summed E-state index contributed by atoms with van der Waals surface area (Å²) in [7, 11) is 0. The quantitative estimate of drug-likeness (QED) is 0.768. The number of benzene rings is 1. The predicted molar refractivity (Wildman–Crippen MR) is 59.0 cm³/mol. The summed E-state index contributed by atoms with van der Waals surface area (Å²) in [5, 5.41) is 11.8. The first kappa shape index (κ1) is 11.3. The van der Waals surface area contributed by atoms with Gasteiger partial charge in [-0.2, -0.15) is 5.26 Å². The molecule has 1 aromatic carbocycles. The Morgan fingerprint density at radius 1 is 1.53 bits per heavy atom. The van der Waals surface area contributed by atoms with Crippen molar-refractivity contribution in [2.75, 3.05) is 11.9 Å². The van der Waals surface area contributed by atoms with Crippen LogP contribution in [0.5, 0.6) is 0 Å². The minimum atomic E-state index is -0.390. The Hall–Kier alpha value is -1.82. The van der Waals surface area contributed by atoms with Crippen LogP contribution < -0.4 is 5.32 Å². The van der Waals surface area contributed by atoms with Gasteiger partial charge in [-0.15, -0.1) is 0 Å². The fraction of sp³-hybridized carbons (Fsp3) is 0.250. The first-order valence-corrected chi connectivity index (χ1v) is 4.70. The fourth-order valence-corrected chi connectivity index (χ4v) is 1.13. The maximum absolute atomic E-state index is 12.8. The molecule has 1 rings (SSSR count). The van der Waals surface area contributed by atoms with Crippen molar-refractivity contribution in [1.82, 2.24) is 0 Å². The number of nitrogens with one attached hydrogen (secondary N) is 1. The van der Waals surface area contributed by atoms with Crippen molar-refractivity contribution < 1.29 is 4.39 Å². The molecular weight excluding hydrogens is 191 g/mol. The number of nitrogens with zero attached hydrogens (tertiary/aromatic N) is 1. The van der Waals surface area contributed by atoms with Gasteiger partial charge in [0.05, 0.1) is 11.3 Å². The fourth-order valence-electron chi connectivity index (χ4n) is 1.13. The standard InChI is InChI=1S/C12H13FN2/c1-9(2)5-6-15-12-4-3-11(13)7-10(12)8-14/h3-5,7,15H,6H2,1-2H3. The Kier molecular flexibility index (Phi) is 3.87. The molecule has 0 fully saturated rings. The molecule has 0 spiro atoms. The van der Waals surface area contributed by atoms with Crippen molar-refractivity contribution in [3.63, 3.8) is 0 Å². The molecule has 3 heteroatoms. The topological polar surface area (TPSA) is 35.8 Å². The minimum Gasteiger partial charge on any atom is -0.380 e. The van der Waals surface area contributed by atoms with E-state index in [0.717, 1.165) is 0 Å². The van der Waals surface area contributed by atoms with Gasteiger partial charge in [-0.1, -0.05) is 11.6 Å². The molecule has 1 N–H and O–H groups in total. The van der Waals surface area contributed by atoms with Crippen LogP contribution in [0.15, 0.2) is 29.8 Å². The Morgan fingerprint density at radius 2 is 2.27 bits per heavy atom. The summed E-state index contributed by atoms with van der Waals surface area (Å²) in [6.07, 6.45) is 2.00. The Bertz CT molecular complexity index is 412. The van der Waals surface area contributed by atoms with Crippen LogP contribution in [0.3, 0.4) is 0 Å². The first-order valence-electron chi connectivity index (χ1n) is 4.70. The summed E-state index contributed by atoms with van der Waals surface area (Å²) in [6.45, 7) is 4.64.